The van der Waals surface area contributed by atoms with Crippen molar-refractivity contribution in [1.29, 1.82) is 0 Å². The van der Waals surface area contributed by atoms with Crippen molar-refractivity contribution >= 4 is 34.9 Å². The normalized spacial score (nSPS) is 16.7. The summed E-state index contributed by atoms with van der Waals surface area (Å²) < 4.78 is 0. The lowest BCUT2D eigenvalue weighted by Crippen LogP contribution is -2.45. The van der Waals surface area contributed by atoms with E-state index >= 15 is 0 Å². The van der Waals surface area contributed by atoms with E-state index in [1.807, 2.05) is 30.3 Å². The highest BCUT2D eigenvalue weighted by molar-refractivity contribution is 6.30. The van der Waals surface area contributed by atoms with E-state index < -0.39 is 6.04 Å². The van der Waals surface area contributed by atoms with Crippen LogP contribution in [-0.4, -0.2) is 29.4 Å². The van der Waals surface area contributed by atoms with Crippen LogP contribution >= 0.6 is 11.6 Å². The molecule has 1 heterocycles. The molecule has 124 valence electrons. The topological polar surface area (TPSA) is 61.4 Å². The van der Waals surface area contributed by atoms with Crippen LogP contribution in [0.3, 0.4) is 0 Å². The molecular formula is C18H18ClN3O2. The molecule has 1 fully saturated rings. The number of urea groups is 1. The van der Waals surface area contributed by atoms with Gasteiger partial charge in [-0.25, -0.2) is 4.79 Å². The number of halogens is 1. The Kier molecular flexibility index (Phi) is 5.01. The van der Waals surface area contributed by atoms with E-state index in [4.69, 9.17) is 11.6 Å². The minimum atomic E-state index is -0.468. The number of benzene rings is 2. The Morgan fingerprint density at radius 1 is 0.958 bits per heavy atom. The highest BCUT2D eigenvalue weighted by Crippen LogP contribution is 2.21. The fourth-order valence-electron chi connectivity index (χ4n) is 2.76. The first-order valence-electron chi connectivity index (χ1n) is 7.82. The summed E-state index contributed by atoms with van der Waals surface area (Å²) in [7, 11) is 0. The summed E-state index contributed by atoms with van der Waals surface area (Å²) in [5.41, 5.74) is 1.38. The second-order valence-electron chi connectivity index (χ2n) is 5.64. The van der Waals surface area contributed by atoms with Gasteiger partial charge in [0.1, 0.15) is 6.04 Å². The van der Waals surface area contributed by atoms with Crippen LogP contribution in [0.4, 0.5) is 16.2 Å². The van der Waals surface area contributed by atoms with E-state index in [0.717, 1.165) is 6.42 Å². The van der Waals surface area contributed by atoms with Crippen LogP contribution in [0.1, 0.15) is 12.8 Å². The van der Waals surface area contributed by atoms with Crippen LogP contribution in [0.25, 0.3) is 0 Å². The molecule has 1 aliphatic heterocycles. The van der Waals surface area contributed by atoms with Gasteiger partial charge in [-0.15, -0.1) is 0 Å². The highest BCUT2D eigenvalue weighted by atomic mass is 35.5. The van der Waals surface area contributed by atoms with E-state index in [-0.39, 0.29) is 11.9 Å². The fourth-order valence-corrected chi connectivity index (χ4v) is 2.88. The Bertz CT molecular complexity index is 719. The fraction of sp³-hybridized carbons (Fsp3) is 0.222. The van der Waals surface area contributed by atoms with Crippen molar-refractivity contribution in [2.24, 2.45) is 0 Å². The zero-order valence-electron chi connectivity index (χ0n) is 13.0. The van der Waals surface area contributed by atoms with Crippen LogP contribution in [0.15, 0.2) is 54.6 Å². The highest BCUT2D eigenvalue weighted by Gasteiger charge is 2.34. The van der Waals surface area contributed by atoms with Crippen molar-refractivity contribution in [3.05, 3.63) is 59.6 Å². The van der Waals surface area contributed by atoms with Gasteiger partial charge >= 0.3 is 6.03 Å². The number of carbonyl (C=O) groups excluding carboxylic acids is 2. The number of nitrogens with one attached hydrogen (secondary N) is 2. The molecule has 0 bridgehead atoms. The van der Waals surface area contributed by atoms with E-state index in [0.29, 0.717) is 29.4 Å². The molecule has 0 saturated carbocycles. The molecule has 3 rings (SSSR count). The van der Waals surface area contributed by atoms with Crippen molar-refractivity contribution < 1.29 is 9.59 Å². The molecule has 1 aliphatic rings. The molecule has 0 unspecified atom stereocenters. The van der Waals surface area contributed by atoms with Crippen LogP contribution in [0.5, 0.6) is 0 Å². The van der Waals surface area contributed by atoms with Crippen LogP contribution in [0, 0.1) is 0 Å². The van der Waals surface area contributed by atoms with Gasteiger partial charge in [0.25, 0.3) is 0 Å². The van der Waals surface area contributed by atoms with Crippen LogP contribution < -0.4 is 10.6 Å². The summed E-state index contributed by atoms with van der Waals surface area (Å²) in [6, 6.07) is 15.4. The maximum atomic E-state index is 12.5. The van der Waals surface area contributed by atoms with Gasteiger partial charge in [-0.3, -0.25) is 4.79 Å². The van der Waals surface area contributed by atoms with Crippen LogP contribution in [0.2, 0.25) is 5.02 Å². The Hall–Kier alpha value is -2.53. The molecule has 24 heavy (non-hydrogen) atoms. The summed E-state index contributed by atoms with van der Waals surface area (Å²) in [5, 5.41) is 6.28. The maximum absolute atomic E-state index is 12.5. The van der Waals surface area contributed by atoms with Gasteiger partial charge in [-0.1, -0.05) is 29.8 Å². The predicted octanol–water partition coefficient (Wildman–Crippen LogP) is 3.98. The smallest absolute Gasteiger partial charge is 0.322 e. The van der Waals surface area contributed by atoms with E-state index in [2.05, 4.69) is 10.6 Å². The molecule has 1 saturated heterocycles. The van der Waals surface area contributed by atoms with E-state index in [1.54, 1.807) is 29.2 Å². The number of amides is 3. The number of carbonyl (C=O) groups is 2. The van der Waals surface area contributed by atoms with Crippen molar-refractivity contribution in [3.63, 3.8) is 0 Å². The van der Waals surface area contributed by atoms with E-state index in [1.165, 1.54) is 0 Å². The molecule has 5 nitrogen and oxygen atoms in total. The molecular weight excluding hydrogens is 326 g/mol. The Labute approximate surface area is 145 Å². The first kappa shape index (κ1) is 16.3. The zero-order valence-corrected chi connectivity index (χ0v) is 13.8. The lowest BCUT2D eigenvalue weighted by atomic mass is 10.2. The third kappa shape index (κ3) is 3.86. The second-order valence-corrected chi connectivity index (χ2v) is 6.08. The number of hydrogen-bond donors (Lipinski definition) is 2. The van der Waals surface area contributed by atoms with Gasteiger partial charge in [-0.2, -0.15) is 0 Å². The third-order valence-corrected chi connectivity index (χ3v) is 4.21. The molecule has 0 aromatic heterocycles. The summed E-state index contributed by atoms with van der Waals surface area (Å²) in [6.07, 6.45) is 1.46. The quantitative estimate of drug-likeness (QED) is 0.885. The van der Waals surface area contributed by atoms with Crippen molar-refractivity contribution in [2.45, 2.75) is 18.9 Å². The van der Waals surface area contributed by atoms with Crippen molar-refractivity contribution in [2.75, 3.05) is 17.2 Å². The molecule has 0 radical (unpaired) electrons. The summed E-state index contributed by atoms with van der Waals surface area (Å²) in [4.78, 5) is 26.5. The molecule has 1 atom stereocenters. The van der Waals surface area contributed by atoms with Gasteiger partial charge in [0.2, 0.25) is 5.91 Å². The van der Waals surface area contributed by atoms with Gasteiger partial charge in [-0.05, 0) is 49.2 Å². The molecule has 0 aliphatic carbocycles. The standard InChI is InChI=1S/C18H18ClN3O2/c19-13-8-10-15(11-9-13)20-17(23)16-7-4-12-22(16)18(24)21-14-5-2-1-3-6-14/h1-3,5-6,8-11,16H,4,7,12H2,(H,20,23)(H,21,24)/t16-/m0/s1. The number of anilines is 2. The SMILES string of the molecule is O=C(Nc1ccc(Cl)cc1)[C@@H]1CCCN1C(=O)Nc1ccccc1. The van der Waals surface area contributed by atoms with Crippen molar-refractivity contribution in [3.8, 4) is 0 Å². The van der Waals surface area contributed by atoms with Gasteiger partial charge < -0.3 is 15.5 Å². The minimum absolute atomic E-state index is 0.182. The minimum Gasteiger partial charge on any atom is -0.324 e. The summed E-state index contributed by atoms with van der Waals surface area (Å²) in [6.45, 7) is 0.567. The van der Waals surface area contributed by atoms with Gasteiger partial charge in [0.05, 0.1) is 0 Å². The van der Waals surface area contributed by atoms with Crippen LogP contribution in [-0.2, 0) is 4.79 Å². The first-order valence-corrected chi connectivity index (χ1v) is 8.20. The Morgan fingerprint density at radius 3 is 2.33 bits per heavy atom. The lowest BCUT2D eigenvalue weighted by molar-refractivity contribution is -0.119. The van der Waals surface area contributed by atoms with Gasteiger partial charge in [0.15, 0.2) is 0 Å². The second kappa shape index (κ2) is 7.36. The van der Waals surface area contributed by atoms with E-state index in [9.17, 15) is 9.59 Å². The number of rotatable bonds is 3. The van der Waals surface area contributed by atoms with Crippen molar-refractivity contribution in [1.82, 2.24) is 4.90 Å². The third-order valence-electron chi connectivity index (χ3n) is 3.95. The Balaban J connectivity index is 1.65. The van der Waals surface area contributed by atoms with Gasteiger partial charge in [0, 0.05) is 22.9 Å². The maximum Gasteiger partial charge on any atom is 0.322 e. The molecule has 6 heteroatoms. The largest absolute Gasteiger partial charge is 0.324 e. The average molecular weight is 344 g/mol. The summed E-state index contributed by atoms with van der Waals surface area (Å²) >= 11 is 5.84. The molecule has 0 spiro atoms. The molecule has 2 aromatic rings. The number of hydrogen-bond acceptors (Lipinski definition) is 2. The molecule has 3 amide bonds. The number of para-hydroxylation sites is 1. The Morgan fingerprint density at radius 2 is 1.62 bits per heavy atom. The lowest BCUT2D eigenvalue weighted by Gasteiger charge is -2.24. The average Bonchev–Trinajstić information content (AvgIpc) is 3.08. The monoisotopic (exact) mass is 343 g/mol. The predicted molar refractivity (Wildman–Crippen MR) is 95.3 cm³/mol. The first-order chi connectivity index (χ1) is 11.6. The molecule has 2 aromatic carbocycles. The zero-order chi connectivity index (χ0) is 16.9. The number of nitrogens with zero attached hydrogens (tertiary/aromatic N) is 1. The number of likely N-dealkylation sites (tertiary alicyclic amines) is 1. The molecule has 2 N–H and O–H groups in total. The summed E-state index contributed by atoms with van der Waals surface area (Å²) in [5.74, 6) is -0.182.